The van der Waals surface area contributed by atoms with E-state index in [-0.39, 0.29) is 0 Å². The van der Waals surface area contributed by atoms with Gasteiger partial charge in [0.1, 0.15) is 0 Å². The second-order valence-corrected chi connectivity index (χ2v) is 7.22. The highest BCUT2D eigenvalue weighted by Crippen LogP contribution is 2.64. The summed E-state index contributed by atoms with van der Waals surface area (Å²) in [5.74, 6) is 1.99. The van der Waals surface area contributed by atoms with Crippen molar-refractivity contribution in [2.75, 3.05) is 0 Å². The minimum Gasteiger partial charge on any atom is -0.0643 e. The molecule has 4 rings (SSSR count). The third kappa shape index (κ3) is 1.14. The Hall–Kier alpha value is -0.260. The Morgan fingerprint density at radius 3 is 2.33 bits per heavy atom. The van der Waals surface area contributed by atoms with E-state index in [9.17, 15) is 0 Å². The van der Waals surface area contributed by atoms with Crippen LogP contribution in [0.15, 0.2) is 11.1 Å². The predicted octanol–water partition coefficient (Wildman–Crippen LogP) is 4.56. The summed E-state index contributed by atoms with van der Waals surface area (Å²) in [6.07, 6.45) is 7.24. The molecule has 0 unspecified atom stereocenters. The average Bonchev–Trinajstić information content (AvgIpc) is 2.01. The monoisotopic (exact) mass is 204 g/mol. The quantitative estimate of drug-likeness (QED) is 0.507. The second kappa shape index (κ2) is 2.70. The van der Waals surface area contributed by atoms with Crippen molar-refractivity contribution in [3.05, 3.63) is 11.1 Å². The van der Waals surface area contributed by atoms with E-state index in [1.807, 2.05) is 11.1 Å². The highest BCUT2D eigenvalue weighted by Gasteiger charge is 2.53. The van der Waals surface area contributed by atoms with Gasteiger partial charge in [0.15, 0.2) is 0 Å². The highest BCUT2D eigenvalue weighted by atomic mass is 14.6. The second-order valence-electron chi connectivity index (χ2n) is 7.22. The summed E-state index contributed by atoms with van der Waals surface area (Å²) in [6, 6.07) is 0. The first-order chi connectivity index (χ1) is 6.93. The molecule has 1 fully saturated rings. The lowest BCUT2D eigenvalue weighted by Gasteiger charge is -2.59. The Labute approximate surface area is 94.1 Å². The molecular weight excluding hydrogens is 180 g/mol. The smallest absolute Gasteiger partial charge is 0.0113 e. The van der Waals surface area contributed by atoms with Gasteiger partial charge < -0.3 is 0 Å². The zero-order valence-corrected chi connectivity index (χ0v) is 10.7. The molecule has 84 valence electrons. The van der Waals surface area contributed by atoms with Crippen molar-refractivity contribution in [3.63, 3.8) is 0 Å². The van der Waals surface area contributed by atoms with Gasteiger partial charge in [0, 0.05) is 0 Å². The molecular formula is C15H24. The third-order valence-corrected chi connectivity index (χ3v) is 5.63. The third-order valence-electron chi connectivity index (χ3n) is 5.63. The molecule has 0 aromatic carbocycles. The molecule has 0 saturated heterocycles. The standard InChI is InChI=1S/C15H24/c1-14(2)7-5-6-12-13(14)10-8-11(9-10)15(12,3)4/h10-11H,5-9H2,1-4H3. The van der Waals surface area contributed by atoms with Crippen LogP contribution in [0.4, 0.5) is 0 Å². The number of rotatable bonds is 0. The SMILES string of the molecule is CC1(C)CCCC2=C1C1CC(C1)C2(C)C. The Kier molecular flexibility index (Phi) is 1.79. The molecule has 0 heterocycles. The average molecular weight is 204 g/mol. The summed E-state index contributed by atoms with van der Waals surface area (Å²) in [5, 5.41) is 0. The molecule has 0 heteroatoms. The maximum absolute atomic E-state index is 2.50. The van der Waals surface area contributed by atoms with Crippen molar-refractivity contribution in [1.82, 2.24) is 0 Å². The van der Waals surface area contributed by atoms with Crippen LogP contribution in [0, 0.1) is 22.7 Å². The van der Waals surface area contributed by atoms with E-state index in [1.54, 1.807) is 0 Å². The van der Waals surface area contributed by atoms with Gasteiger partial charge in [-0.1, -0.05) is 38.8 Å². The van der Waals surface area contributed by atoms with E-state index in [2.05, 4.69) is 27.7 Å². The largest absolute Gasteiger partial charge is 0.0643 e. The summed E-state index contributed by atoms with van der Waals surface area (Å²) in [7, 11) is 0. The van der Waals surface area contributed by atoms with Crippen molar-refractivity contribution in [3.8, 4) is 0 Å². The Balaban J connectivity index is 2.14. The van der Waals surface area contributed by atoms with E-state index < -0.39 is 0 Å². The van der Waals surface area contributed by atoms with Gasteiger partial charge in [0.05, 0.1) is 0 Å². The maximum atomic E-state index is 2.50. The molecule has 4 aliphatic carbocycles. The number of hydrogen-bond donors (Lipinski definition) is 0. The van der Waals surface area contributed by atoms with Crippen molar-refractivity contribution in [2.45, 2.75) is 59.8 Å². The van der Waals surface area contributed by atoms with E-state index in [0.29, 0.717) is 10.8 Å². The molecule has 0 radical (unpaired) electrons. The first-order valence-corrected chi connectivity index (χ1v) is 6.67. The van der Waals surface area contributed by atoms with Gasteiger partial charge in [-0.25, -0.2) is 0 Å². The summed E-state index contributed by atoms with van der Waals surface area (Å²) in [4.78, 5) is 0. The highest BCUT2D eigenvalue weighted by molar-refractivity contribution is 5.37. The van der Waals surface area contributed by atoms with Crippen molar-refractivity contribution < 1.29 is 0 Å². The maximum Gasteiger partial charge on any atom is -0.0113 e. The molecule has 2 bridgehead atoms. The first kappa shape index (κ1) is 9.93. The number of hydrogen-bond acceptors (Lipinski definition) is 0. The van der Waals surface area contributed by atoms with Crippen LogP contribution in [-0.2, 0) is 0 Å². The summed E-state index contributed by atoms with van der Waals surface area (Å²) in [5.41, 5.74) is 4.80. The van der Waals surface area contributed by atoms with Crippen molar-refractivity contribution in [2.24, 2.45) is 22.7 Å². The van der Waals surface area contributed by atoms with Crippen LogP contribution in [-0.4, -0.2) is 0 Å². The van der Waals surface area contributed by atoms with E-state index in [1.165, 1.54) is 32.1 Å². The fraction of sp³-hybridized carbons (Fsp3) is 0.867. The van der Waals surface area contributed by atoms with E-state index in [0.717, 1.165) is 11.8 Å². The van der Waals surface area contributed by atoms with Crippen LogP contribution in [0.5, 0.6) is 0 Å². The van der Waals surface area contributed by atoms with Gasteiger partial charge in [0.2, 0.25) is 0 Å². The summed E-state index contributed by atoms with van der Waals surface area (Å²) >= 11 is 0. The molecule has 4 aliphatic rings. The Morgan fingerprint density at radius 2 is 1.73 bits per heavy atom. The van der Waals surface area contributed by atoms with Crippen molar-refractivity contribution >= 4 is 0 Å². The van der Waals surface area contributed by atoms with Gasteiger partial charge >= 0.3 is 0 Å². The van der Waals surface area contributed by atoms with E-state index in [4.69, 9.17) is 0 Å². The molecule has 0 amide bonds. The van der Waals surface area contributed by atoms with Crippen LogP contribution < -0.4 is 0 Å². The molecule has 0 spiro atoms. The topological polar surface area (TPSA) is 0 Å². The van der Waals surface area contributed by atoms with Gasteiger partial charge in [0.25, 0.3) is 0 Å². The summed E-state index contributed by atoms with van der Waals surface area (Å²) in [6.45, 7) is 9.97. The van der Waals surface area contributed by atoms with Crippen LogP contribution in [0.25, 0.3) is 0 Å². The van der Waals surface area contributed by atoms with Gasteiger partial charge in [-0.15, -0.1) is 0 Å². The van der Waals surface area contributed by atoms with Crippen molar-refractivity contribution in [1.29, 1.82) is 0 Å². The van der Waals surface area contributed by atoms with Crippen LogP contribution in [0.3, 0.4) is 0 Å². The van der Waals surface area contributed by atoms with Crippen LogP contribution >= 0.6 is 0 Å². The van der Waals surface area contributed by atoms with Crippen LogP contribution in [0.2, 0.25) is 0 Å². The van der Waals surface area contributed by atoms with Gasteiger partial charge in [-0.3, -0.25) is 0 Å². The molecule has 0 aromatic heterocycles. The predicted molar refractivity (Wildman–Crippen MR) is 64.7 cm³/mol. The van der Waals surface area contributed by atoms with E-state index >= 15 is 0 Å². The van der Waals surface area contributed by atoms with Gasteiger partial charge in [-0.2, -0.15) is 0 Å². The Morgan fingerprint density at radius 1 is 1.07 bits per heavy atom. The lowest BCUT2D eigenvalue weighted by molar-refractivity contribution is 0.0484. The fourth-order valence-corrected chi connectivity index (χ4v) is 4.54. The molecule has 0 nitrogen and oxygen atoms in total. The molecule has 1 saturated carbocycles. The van der Waals surface area contributed by atoms with Crippen LogP contribution in [0.1, 0.15) is 59.8 Å². The normalized spacial score (nSPS) is 40.8. The molecule has 15 heavy (non-hydrogen) atoms. The number of allylic oxidation sites excluding steroid dienone is 2. The first-order valence-electron chi connectivity index (χ1n) is 6.67. The molecule has 0 aliphatic heterocycles. The minimum absolute atomic E-state index is 0.515. The molecule has 0 N–H and O–H groups in total. The summed E-state index contributed by atoms with van der Waals surface area (Å²) < 4.78 is 0. The zero-order valence-electron chi connectivity index (χ0n) is 10.7. The molecule has 0 atom stereocenters. The lowest BCUT2D eigenvalue weighted by atomic mass is 9.46. The molecule has 0 aromatic rings. The van der Waals surface area contributed by atoms with Gasteiger partial charge in [-0.05, 0) is 54.8 Å². The Bertz CT molecular complexity index is 324. The lowest BCUT2D eigenvalue weighted by Crippen LogP contribution is -2.48. The zero-order chi connectivity index (χ0) is 10.8. The fourth-order valence-electron chi connectivity index (χ4n) is 4.54. The minimum atomic E-state index is 0.515.